The summed E-state index contributed by atoms with van der Waals surface area (Å²) in [5.41, 5.74) is 0. The van der Waals surface area contributed by atoms with E-state index >= 15 is 0 Å². The molecule has 0 saturated carbocycles. The Morgan fingerprint density at radius 1 is 1.56 bits per heavy atom. The number of thiazole rings is 1. The number of hydrogen-bond donors (Lipinski definition) is 2. The summed E-state index contributed by atoms with van der Waals surface area (Å²) < 4.78 is 0. The second kappa shape index (κ2) is 6.44. The highest BCUT2D eigenvalue weighted by Gasteiger charge is 2.07. The summed E-state index contributed by atoms with van der Waals surface area (Å²) in [5, 5.41) is 9.11. The summed E-state index contributed by atoms with van der Waals surface area (Å²) in [6.07, 6.45) is 1.80. The molecule has 2 N–H and O–H groups in total. The normalized spacial score (nSPS) is 12.2. The summed E-state index contributed by atoms with van der Waals surface area (Å²) in [6, 6.07) is 0.167. The van der Waals surface area contributed by atoms with Crippen LogP contribution >= 0.6 is 11.3 Å². The molecule has 0 bridgehead atoms. The van der Waals surface area contributed by atoms with Crippen molar-refractivity contribution in [2.45, 2.75) is 13.0 Å². The van der Waals surface area contributed by atoms with E-state index in [2.05, 4.69) is 22.5 Å². The van der Waals surface area contributed by atoms with Gasteiger partial charge in [0.25, 0.3) is 0 Å². The third-order valence-electron chi connectivity index (χ3n) is 2.08. The summed E-state index contributed by atoms with van der Waals surface area (Å²) in [4.78, 5) is 16.9. The molecule has 1 atom stereocenters. The molecule has 1 aromatic rings. The highest BCUT2D eigenvalue weighted by atomic mass is 32.1. The van der Waals surface area contributed by atoms with Crippen molar-refractivity contribution in [1.82, 2.24) is 20.5 Å². The Bertz CT molecular complexity index is 313. The van der Waals surface area contributed by atoms with Gasteiger partial charge in [-0.15, -0.1) is 11.3 Å². The van der Waals surface area contributed by atoms with Crippen LogP contribution in [0.2, 0.25) is 0 Å². The Kier molecular flexibility index (Phi) is 5.21. The van der Waals surface area contributed by atoms with E-state index in [0.29, 0.717) is 6.54 Å². The van der Waals surface area contributed by atoms with Crippen molar-refractivity contribution < 1.29 is 4.79 Å². The van der Waals surface area contributed by atoms with Crippen LogP contribution in [0, 0.1) is 0 Å². The number of aromatic nitrogens is 1. The van der Waals surface area contributed by atoms with Crippen molar-refractivity contribution in [3.8, 4) is 0 Å². The summed E-state index contributed by atoms with van der Waals surface area (Å²) in [7, 11) is 3.45. The Morgan fingerprint density at radius 3 is 2.88 bits per heavy atom. The van der Waals surface area contributed by atoms with Gasteiger partial charge in [-0.25, -0.2) is 9.78 Å². The van der Waals surface area contributed by atoms with Gasteiger partial charge >= 0.3 is 6.03 Å². The van der Waals surface area contributed by atoms with E-state index in [1.807, 2.05) is 5.38 Å². The molecular weight excluding hydrogens is 224 g/mol. The molecule has 0 fully saturated rings. The number of amides is 2. The maximum atomic E-state index is 11.2. The van der Waals surface area contributed by atoms with Crippen molar-refractivity contribution >= 4 is 17.4 Å². The molecule has 16 heavy (non-hydrogen) atoms. The number of nitrogens with zero attached hydrogens (tertiary/aromatic N) is 2. The van der Waals surface area contributed by atoms with E-state index < -0.39 is 0 Å². The van der Waals surface area contributed by atoms with Crippen LogP contribution < -0.4 is 10.6 Å². The van der Waals surface area contributed by atoms with Crippen molar-refractivity contribution in [2.75, 3.05) is 27.2 Å². The van der Waals surface area contributed by atoms with E-state index in [1.54, 1.807) is 31.6 Å². The Hall–Kier alpha value is -1.14. The minimum Gasteiger partial charge on any atom is -0.337 e. The first kappa shape index (κ1) is 12.9. The molecule has 0 aliphatic rings. The molecule has 0 aliphatic heterocycles. The first-order valence-electron chi connectivity index (χ1n) is 5.19. The summed E-state index contributed by atoms with van der Waals surface area (Å²) in [5.74, 6) is 0. The molecule has 0 radical (unpaired) electrons. The highest BCUT2D eigenvalue weighted by Crippen LogP contribution is 2.13. The predicted molar refractivity (Wildman–Crippen MR) is 65.6 cm³/mol. The molecule has 1 unspecified atom stereocenters. The van der Waals surface area contributed by atoms with Gasteiger partial charge in [0.2, 0.25) is 0 Å². The molecule has 2 amide bonds. The van der Waals surface area contributed by atoms with Gasteiger partial charge in [0.1, 0.15) is 5.01 Å². The first-order chi connectivity index (χ1) is 7.61. The van der Waals surface area contributed by atoms with Crippen LogP contribution in [-0.4, -0.2) is 43.1 Å². The van der Waals surface area contributed by atoms with Gasteiger partial charge in [0, 0.05) is 38.8 Å². The van der Waals surface area contributed by atoms with Gasteiger partial charge < -0.3 is 15.5 Å². The smallest absolute Gasteiger partial charge is 0.316 e. The van der Waals surface area contributed by atoms with Gasteiger partial charge in [0.05, 0.1) is 6.04 Å². The third-order valence-corrected chi connectivity index (χ3v) is 3.04. The van der Waals surface area contributed by atoms with Crippen molar-refractivity contribution in [3.63, 3.8) is 0 Å². The molecule has 6 heteroatoms. The average molecular weight is 242 g/mol. The largest absolute Gasteiger partial charge is 0.337 e. The molecule has 0 saturated heterocycles. The van der Waals surface area contributed by atoms with Crippen LogP contribution in [0.3, 0.4) is 0 Å². The standard InChI is InChI=1S/C10H18N4OS/c1-8(9-12-6-7-16-9)11-4-5-13-10(15)14(2)3/h6-8,11H,4-5H2,1-3H3,(H,13,15). The van der Waals surface area contributed by atoms with Gasteiger partial charge in [0.15, 0.2) is 0 Å². The Morgan fingerprint density at radius 2 is 2.31 bits per heavy atom. The Balaban J connectivity index is 2.14. The summed E-state index contributed by atoms with van der Waals surface area (Å²) in [6.45, 7) is 3.42. The predicted octanol–water partition coefficient (Wildman–Crippen LogP) is 1.06. The van der Waals surface area contributed by atoms with Crippen LogP contribution in [0.4, 0.5) is 4.79 Å². The van der Waals surface area contributed by atoms with Crippen molar-refractivity contribution in [2.24, 2.45) is 0 Å². The number of urea groups is 1. The monoisotopic (exact) mass is 242 g/mol. The van der Waals surface area contributed by atoms with Crippen molar-refractivity contribution in [3.05, 3.63) is 16.6 Å². The van der Waals surface area contributed by atoms with Gasteiger partial charge in [-0.2, -0.15) is 0 Å². The van der Waals surface area contributed by atoms with E-state index in [4.69, 9.17) is 0 Å². The molecule has 0 spiro atoms. The number of hydrogen-bond acceptors (Lipinski definition) is 4. The quantitative estimate of drug-likeness (QED) is 0.759. The first-order valence-corrected chi connectivity index (χ1v) is 6.07. The molecule has 0 aliphatic carbocycles. The van der Waals surface area contributed by atoms with Crippen LogP contribution in [0.5, 0.6) is 0 Å². The van der Waals surface area contributed by atoms with Crippen LogP contribution in [0.1, 0.15) is 18.0 Å². The SMILES string of the molecule is CC(NCCNC(=O)N(C)C)c1nccs1. The molecule has 90 valence electrons. The lowest BCUT2D eigenvalue weighted by Crippen LogP contribution is -2.38. The average Bonchev–Trinajstić information content (AvgIpc) is 2.76. The number of carbonyl (C=O) groups excluding carboxylic acids is 1. The maximum absolute atomic E-state index is 11.2. The molecule has 5 nitrogen and oxygen atoms in total. The zero-order valence-electron chi connectivity index (χ0n) is 9.86. The maximum Gasteiger partial charge on any atom is 0.316 e. The lowest BCUT2D eigenvalue weighted by Gasteiger charge is -2.14. The molecular formula is C10H18N4OS. The Labute approximate surface area is 99.9 Å². The van der Waals surface area contributed by atoms with Gasteiger partial charge in [-0.3, -0.25) is 0 Å². The van der Waals surface area contributed by atoms with Crippen LogP contribution in [-0.2, 0) is 0 Å². The summed E-state index contributed by atoms with van der Waals surface area (Å²) >= 11 is 1.63. The second-order valence-corrected chi connectivity index (χ2v) is 4.60. The fraction of sp³-hybridized carbons (Fsp3) is 0.600. The van der Waals surface area contributed by atoms with Gasteiger partial charge in [-0.05, 0) is 6.92 Å². The minimum atomic E-state index is -0.0660. The number of rotatable bonds is 5. The molecule has 1 aromatic heterocycles. The van der Waals surface area contributed by atoms with E-state index in [0.717, 1.165) is 11.6 Å². The van der Waals surface area contributed by atoms with Crippen LogP contribution in [0.15, 0.2) is 11.6 Å². The van der Waals surface area contributed by atoms with Gasteiger partial charge in [-0.1, -0.05) is 0 Å². The van der Waals surface area contributed by atoms with E-state index in [1.165, 1.54) is 4.90 Å². The zero-order valence-corrected chi connectivity index (χ0v) is 10.7. The van der Waals surface area contributed by atoms with E-state index in [9.17, 15) is 4.79 Å². The highest BCUT2D eigenvalue weighted by molar-refractivity contribution is 7.09. The number of nitrogens with one attached hydrogen (secondary N) is 2. The van der Waals surface area contributed by atoms with Crippen LogP contribution in [0.25, 0.3) is 0 Å². The topological polar surface area (TPSA) is 57.3 Å². The lowest BCUT2D eigenvalue weighted by atomic mass is 10.3. The third kappa shape index (κ3) is 4.16. The lowest BCUT2D eigenvalue weighted by molar-refractivity contribution is 0.217. The second-order valence-electron chi connectivity index (χ2n) is 3.67. The zero-order chi connectivity index (χ0) is 12.0. The molecule has 0 aromatic carbocycles. The fourth-order valence-electron chi connectivity index (χ4n) is 1.15. The molecule has 1 heterocycles. The van der Waals surface area contributed by atoms with Crippen molar-refractivity contribution in [1.29, 1.82) is 0 Å². The fourth-order valence-corrected chi connectivity index (χ4v) is 1.82. The van der Waals surface area contributed by atoms with E-state index in [-0.39, 0.29) is 12.1 Å². The molecule has 1 rings (SSSR count). The number of carbonyl (C=O) groups is 1. The minimum absolute atomic E-state index is 0.0660.